The summed E-state index contributed by atoms with van der Waals surface area (Å²) in [6.45, 7) is 2.11. The molecule has 1 aromatic carbocycles. The first kappa shape index (κ1) is 10.2. The first-order chi connectivity index (χ1) is 7.75. The van der Waals surface area contributed by atoms with Crippen LogP contribution in [-0.2, 0) is 0 Å². The normalized spacial score (nSPS) is 31.0. The van der Waals surface area contributed by atoms with Gasteiger partial charge in [-0.3, -0.25) is 0 Å². The number of fused-ring (bicyclic) bond motifs is 1. The zero-order valence-electron chi connectivity index (χ0n) is 9.41. The molecule has 2 aliphatic rings. The zero-order valence-corrected chi connectivity index (χ0v) is 10.2. The number of hydrogen-bond donors (Lipinski definition) is 1. The fraction of sp³-hybridized carbons (Fsp3) is 0.429. The number of benzene rings is 1. The Labute approximate surface area is 102 Å². The van der Waals surface area contributed by atoms with Crippen molar-refractivity contribution in [1.82, 2.24) is 0 Å². The molecule has 0 saturated heterocycles. The fourth-order valence-corrected chi connectivity index (χ4v) is 3.16. The van der Waals surface area contributed by atoms with Crippen molar-refractivity contribution in [3.8, 4) is 0 Å². The minimum Gasteiger partial charge on any atom is -0.380 e. The van der Waals surface area contributed by atoms with E-state index in [2.05, 4.69) is 30.5 Å². The molecular weight excluding hydrogens is 218 g/mol. The van der Waals surface area contributed by atoms with Crippen molar-refractivity contribution in [2.75, 3.05) is 5.32 Å². The van der Waals surface area contributed by atoms with Gasteiger partial charge in [0.25, 0.3) is 0 Å². The van der Waals surface area contributed by atoms with E-state index in [-0.39, 0.29) is 0 Å². The van der Waals surface area contributed by atoms with Crippen LogP contribution < -0.4 is 5.32 Å². The quantitative estimate of drug-likeness (QED) is 0.761. The van der Waals surface area contributed by atoms with E-state index >= 15 is 0 Å². The highest BCUT2D eigenvalue weighted by Gasteiger charge is 2.41. The van der Waals surface area contributed by atoms with Crippen molar-refractivity contribution >= 4 is 17.3 Å². The number of aryl methyl sites for hydroxylation is 1. The zero-order chi connectivity index (χ0) is 11.1. The van der Waals surface area contributed by atoms with Crippen LogP contribution in [0.1, 0.15) is 18.4 Å². The molecule has 1 fully saturated rings. The third kappa shape index (κ3) is 1.54. The van der Waals surface area contributed by atoms with Crippen molar-refractivity contribution in [1.29, 1.82) is 0 Å². The standard InChI is InChI=1S/C14H16ClN/c1-9-4-2-7-12(15)14(9)16-13-8-10-5-3-6-11(10)13/h2-4,6-7,10-11,13,16H,5,8H2,1H3. The number of allylic oxidation sites excluding steroid dienone is 1. The van der Waals surface area contributed by atoms with Crippen LogP contribution in [0.5, 0.6) is 0 Å². The van der Waals surface area contributed by atoms with E-state index < -0.39 is 0 Å². The van der Waals surface area contributed by atoms with E-state index in [0.29, 0.717) is 6.04 Å². The summed E-state index contributed by atoms with van der Waals surface area (Å²) < 4.78 is 0. The Morgan fingerprint density at radius 1 is 1.38 bits per heavy atom. The molecule has 0 amide bonds. The molecule has 1 saturated carbocycles. The maximum atomic E-state index is 6.22. The Morgan fingerprint density at radius 3 is 3.00 bits per heavy atom. The Balaban J connectivity index is 1.77. The molecule has 3 rings (SSSR count). The molecule has 0 heterocycles. The summed E-state index contributed by atoms with van der Waals surface area (Å²) in [7, 11) is 0. The lowest BCUT2D eigenvalue weighted by Crippen LogP contribution is -2.43. The Hall–Kier alpha value is -0.950. The number of rotatable bonds is 2. The van der Waals surface area contributed by atoms with Crippen LogP contribution in [0.4, 0.5) is 5.69 Å². The minimum absolute atomic E-state index is 0.586. The molecule has 1 nitrogen and oxygen atoms in total. The first-order valence-electron chi connectivity index (χ1n) is 5.94. The van der Waals surface area contributed by atoms with Gasteiger partial charge in [-0.15, -0.1) is 0 Å². The number of anilines is 1. The van der Waals surface area contributed by atoms with Gasteiger partial charge in [0.2, 0.25) is 0 Å². The maximum Gasteiger partial charge on any atom is 0.0640 e. The van der Waals surface area contributed by atoms with Gasteiger partial charge < -0.3 is 5.32 Å². The smallest absolute Gasteiger partial charge is 0.0640 e. The number of hydrogen-bond acceptors (Lipinski definition) is 1. The van der Waals surface area contributed by atoms with E-state index in [0.717, 1.165) is 22.5 Å². The second-order valence-corrected chi connectivity index (χ2v) is 5.33. The van der Waals surface area contributed by atoms with Crippen molar-refractivity contribution in [2.24, 2.45) is 11.8 Å². The number of para-hydroxylation sites is 1. The van der Waals surface area contributed by atoms with Gasteiger partial charge in [-0.2, -0.15) is 0 Å². The van der Waals surface area contributed by atoms with Crippen LogP contribution in [0.15, 0.2) is 30.4 Å². The molecule has 2 aliphatic carbocycles. The predicted octanol–water partition coefficient (Wildman–Crippen LogP) is 4.02. The molecule has 0 aromatic heterocycles. The second-order valence-electron chi connectivity index (χ2n) is 4.92. The Morgan fingerprint density at radius 2 is 2.25 bits per heavy atom. The number of nitrogens with one attached hydrogen (secondary N) is 1. The van der Waals surface area contributed by atoms with Crippen LogP contribution >= 0.6 is 11.6 Å². The molecule has 2 heteroatoms. The van der Waals surface area contributed by atoms with Gasteiger partial charge in [0.1, 0.15) is 0 Å². The Kier molecular flexibility index (Phi) is 2.44. The fourth-order valence-electron chi connectivity index (χ4n) is 2.88. The Bertz CT molecular complexity index is 418. The average Bonchev–Trinajstić information content (AvgIpc) is 2.59. The van der Waals surface area contributed by atoms with Crippen molar-refractivity contribution in [3.63, 3.8) is 0 Å². The summed E-state index contributed by atoms with van der Waals surface area (Å²) >= 11 is 6.22. The van der Waals surface area contributed by atoms with Crippen LogP contribution in [0.2, 0.25) is 5.02 Å². The van der Waals surface area contributed by atoms with Crippen LogP contribution in [0, 0.1) is 18.8 Å². The highest BCUT2D eigenvalue weighted by Crippen LogP contribution is 2.44. The lowest BCUT2D eigenvalue weighted by atomic mass is 9.71. The van der Waals surface area contributed by atoms with Gasteiger partial charge in [0, 0.05) is 12.0 Å². The van der Waals surface area contributed by atoms with E-state index in [1.54, 1.807) is 0 Å². The summed E-state index contributed by atoms with van der Waals surface area (Å²) in [6.07, 6.45) is 7.22. The SMILES string of the molecule is Cc1cccc(Cl)c1NC1CC2CC=CC21. The lowest BCUT2D eigenvalue weighted by molar-refractivity contribution is 0.218. The second kappa shape index (κ2) is 3.81. The molecule has 1 aromatic rings. The summed E-state index contributed by atoms with van der Waals surface area (Å²) in [5.74, 6) is 1.62. The van der Waals surface area contributed by atoms with Gasteiger partial charge in [-0.05, 0) is 37.3 Å². The molecule has 0 radical (unpaired) electrons. The summed E-state index contributed by atoms with van der Waals surface area (Å²) in [5, 5.41) is 4.44. The molecule has 0 spiro atoms. The topological polar surface area (TPSA) is 12.0 Å². The van der Waals surface area contributed by atoms with Crippen molar-refractivity contribution < 1.29 is 0 Å². The van der Waals surface area contributed by atoms with Gasteiger partial charge in [-0.25, -0.2) is 0 Å². The molecule has 3 unspecified atom stereocenters. The lowest BCUT2D eigenvalue weighted by Gasteiger charge is -2.41. The van der Waals surface area contributed by atoms with Crippen LogP contribution in [0.25, 0.3) is 0 Å². The maximum absolute atomic E-state index is 6.22. The minimum atomic E-state index is 0.586. The third-order valence-electron chi connectivity index (χ3n) is 3.91. The molecule has 84 valence electrons. The largest absolute Gasteiger partial charge is 0.380 e. The summed E-state index contributed by atoms with van der Waals surface area (Å²) in [6, 6.07) is 6.65. The van der Waals surface area contributed by atoms with E-state index in [9.17, 15) is 0 Å². The molecule has 0 bridgehead atoms. The van der Waals surface area contributed by atoms with E-state index in [4.69, 9.17) is 11.6 Å². The van der Waals surface area contributed by atoms with Crippen LogP contribution in [-0.4, -0.2) is 6.04 Å². The molecule has 0 aliphatic heterocycles. The predicted molar refractivity (Wildman–Crippen MR) is 69.0 cm³/mol. The highest BCUT2D eigenvalue weighted by molar-refractivity contribution is 6.33. The van der Waals surface area contributed by atoms with Crippen LogP contribution in [0.3, 0.4) is 0 Å². The third-order valence-corrected chi connectivity index (χ3v) is 4.23. The van der Waals surface area contributed by atoms with Gasteiger partial charge in [0.15, 0.2) is 0 Å². The summed E-state index contributed by atoms with van der Waals surface area (Å²) in [5.41, 5.74) is 2.35. The highest BCUT2D eigenvalue weighted by atomic mass is 35.5. The summed E-state index contributed by atoms with van der Waals surface area (Å²) in [4.78, 5) is 0. The average molecular weight is 234 g/mol. The molecule has 16 heavy (non-hydrogen) atoms. The monoisotopic (exact) mass is 233 g/mol. The van der Waals surface area contributed by atoms with E-state index in [1.807, 2.05) is 12.1 Å². The van der Waals surface area contributed by atoms with E-state index in [1.165, 1.54) is 18.4 Å². The van der Waals surface area contributed by atoms with Crippen molar-refractivity contribution in [3.05, 3.63) is 40.9 Å². The first-order valence-corrected chi connectivity index (χ1v) is 6.32. The molecule has 1 N–H and O–H groups in total. The van der Waals surface area contributed by atoms with Crippen molar-refractivity contribution in [2.45, 2.75) is 25.8 Å². The number of halogens is 1. The van der Waals surface area contributed by atoms with Gasteiger partial charge >= 0.3 is 0 Å². The molecular formula is C14H16ClN. The van der Waals surface area contributed by atoms with Gasteiger partial charge in [0.05, 0.1) is 10.7 Å². The van der Waals surface area contributed by atoms with Gasteiger partial charge in [-0.1, -0.05) is 35.9 Å². The molecule has 3 atom stereocenters.